The zero-order chi connectivity index (χ0) is 23.4. The molecule has 0 radical (unpaired) electrons. The van der Waals surface area contributed by atoms with Crippen molar-refractivity contribution in [2.45, 2.75) is 38.3 Å². The van der Waals surface area contributed by atoms with Crippen LogP contribution in [0.2, 0.25) is 0 Å². The van der Waals surface area contributed by atoms with Crippen molar-refractivity contribution in [3.05, 3.63) is 64.3 Å². The van der Waals surface area contributed by atoms with E-state index in [2.05, 4.69) is 9.92 Å². The fourth-order valence-electron chi connectivity index (χ4n) is 2.44. The maximum atomic E-state index is 13.9. The first-order valence-electron chi connectivity index (χ1n) is 9.35. The van der Waals surface area contributed by atoms with E-state index >= 15 is 0 Å². The van der Waals surface area contributed by atoms with Gasteiger partial charge in [0.2, 0.25) is 29.1 Å². The highest BCUT2D eigenvalue weighted by Gasteiger charge is 2.43. The Morgan fingerprint density at radius 1 is 1.03 bits per heavy atom. The van der Waals surface area contributed by atoms with Gasteiger partial charge in [0.25, 0.3) is 10.4 Å². The predicted octanol–water partition coefficient (Wildman–Crippen LogP) is 4.83. The Bertz CT molecular complexity index is 980. The molecule has 1 unspecified atom stereocenters. The van der Waals surface area contributed by atoms with Gasteiger partial charge in [0, 0.05) is 0 Å². The molecule has 3 rings (SSSR count). The predicted molar refractivity (Wildman–Crippen MR) is 101 cm³/mol. The number of ether oxygens (including phenoxy) is 1. The maximum absolute atomic E-state index is 13.9. The first-order valence-corrected chi connectivity index (χ1v) is 10.6. The highest BCUT2D eigenvalue weighted by Crippen LogP contribution is 2.38. The Morgan fingerprint density at radius 2 is 1.59 bits per heavy atom. The SMILES string of the molecule is C[C@H](NP(Oc1ccccc1)[N+](=O)Oc1c(F)c(F)c(F)c(F)c1F)C(=O)OC1CCC1. The van der Waals surface area contributed by atoms with E-state index in [0.717, 1.165) is 6.42 Å². The smallest absolute Gasteiger partial charge is 0.461 e. The summed E-state index contributed by atoms with van der Waals surface area (Å²) in [7, 11) is -2.72. The van der Waals surface area contributed by atoms with Gasteiger partial charge in [-0.1, -0.05) is 18.2 Å². The normalized spacial score (nSPS) is 15.4. The molecule has 13 heteroatoms. The van der Waals surface area contributed by atoms with E-state index in [1.54, 1.807) is 18.2 Å². The molecule has 1 N–H and O–H groups in total. The van der Waals surface area contributed by atoms with Gasteiger partial charge in [-0.15, -0.1) is 0 Å². The number of benzene rings is 2. The number of hydrogen-bond donors (Lipinski definition) is 1. The van der Waals surface area contributed by atoms with Crippen molar-refractivity contribution in [3.8, 4) is 11.5 Å². The molecule has 7 nitrogen and oxygen atoms in total. The number of nitrogens with zero attached hydrogens (tertiary/aromatic N) is 1. The summed E-state index contributed by atoms with van der Waals surface area (Å²) in [5, 5.41) is 2.47. The molecule has 32 heavy (non-hydrogen) atoms. The van der Waals surface area contributed by atoms with Crippen LogP contribution in [0.5, 0.6) is 11.5 Å². The molecule has 2 aromatic carbocycles. The molecule has 0 aromatic heterocycles. The summed E-state index contributed by atoms with van der Waals surface area (Å²) in [6.45, 7) is 1.34. The van der Waals surface area contributed by atoms with Crippen LogP contribution in [-0.2, 0) is 9.53 Å². The summed E-state index contributed by atoms with van der Waals surface area (Å²) in [6.07, 6.45) is 2.06. The second-order valence-electron chi connectivity index (χ2n) is 6.75. The fourth-order valence-corrected chi connectivity index (χ4v) is 3.57. The van der Waals surface area contributed by atoms with Crippen molar-refractivity contribution in [1.82, 2.24) is 5.09 Å². The van der Waals surface area contributed by atoms with Crippen LogP contribution >= 0.6 is 8.45 Å². The Balaban J connectivity index is 1.81. The lowest BCUT2D eigenvalue weighted by atomic mass is 9.96. The van der Waals surface area contributed by atoms with E-state index in [0.29, 0.717) is 12.8 Å². The standard InChI is InChI=1S/C19H17F5N2O5P/c1-10(19(27)29-11-8-5-9-11)25-32(31-12-6-3-2-4-7-12)26(28)30-18-16(23)14(21)13(20)15(22)17(18)24/h2-4,6-7,10-11,25H,5,8-9H2,1H3/q+1/t10-,32?/m0/s1. The zero-order valence-corrected chi connectivity index (χ0v) is 17.4. The van der Waals surface area contributed by atoms with E-state index in [1.165, 1.54) is 19.1 Å². The molecule has 2 atom stereocenters. The Morgan fingerprint density at radius 3 is 2.12 bits per heavy atom. The number of halogens is 5. The Hall–Kier alpha value is -2.85. The van der Waals surface area contributed by atoms with Crippen molar-refractivity contribution >= 4 is 14.4 Å². The number of nitrogens with one attached hydrogen (secondary N) is 1. The average Bonchev–Trinajstić information content (AvgIpc) is 2.76. The molecule has 0 aliphatic heterocycles. The van der Waals surface area contributed by atoms with Crippen LogP contribution in [0, 0.1) is 34.0 Å². The van der Waals surface area contributed by atoms with E-state index in [1.807, 2.05) is 0 Å². The van der Waals surface area contributed by atoms with Gasteiger partial charge in [-0.2, -0.15) is 18.7 Å². The van der Waals surface area contributed by atoms with Crippen LogP contribution in [-0.4, -0.2) is 22.8 Å². The third-order valence-electron chi connectivity index (χ3n) is 4.41. The van der Waals surface area contributed by atoms with E-state index in [9.17, 15) is 31.7 Å². The van der Waals surface area contributed by atoms with Crippen LogP contribution < -0.4 is 14.4 Å². The molecule has 0 heterocycles. The van der Waals surface area contributed by atoms with Gasteiger partial charge in [0.05, 0.1) is 4.91 Å². The lowest BCUT2D eigenvalue weighted by molar-refractivity contribution is -0.648. The molecule has 0 bridgehead atoms. The minimum atomic E-state index is -2.72. The summed E-state index contributed by atoms with van der Waals surface area (Å²) in [6, 6.07) is 6.48. The summed E-state index contributed by atoms with van der Waals surface area (Å²) in [5.74, 6) is -14.1. The zero-order valence-electron chi connectivity index (χ0n) is 16.5. The molecule has 2 aromatic rings. The number of carbonyl (C=O) groups excluding carboxylic acids is 1. The van der Waals surface area contributed by atoms with Crippen molar-refractivity contribution in [3.63, 3.8) is 0 Å². The first kappa shape index (κ1) is 23.8. The average molecular weight is 479 g/mol. The minimum Gasteiger partial charge on any atom is -0.461 e. The summed E-state index contributed by atoms with van der Waals surface area (Å²) in [4.78, 5) is 29.1. The Kier molecular flexibility index (Phi) is 7.57. The van der Waals surface area contributed by atoms with Crippen LogP contribution in [0.25, 0.3) is 0 Å². The molecule has 0 spiro atoms. The van der Waals surface area contributed by atoms with Crippen molar-refractivity contribution < 1.29 is 45.5 Å². The quantitative estimate of drug-likeness (QED) is 0.139. The minimum absolute atomic E-state index is 0.104. The third kappa shape index (κ3) is 5.31. The number of rotatable bonds is 9. The molecule has 1 fully saturated rings. The second-order valence-corrected chi connectivity index (χ2v) is 8.06. The largest absolute Gasteiger partial charge is 0.596 e. The van der Waals surface area contributed by atoms with E-state index < -0.39 is 60.0 Å². The molecular formula is C19H17F5N2O5P+. The number of para-hydroxylation sites is 1. The van der Waals surface area contributed by atoms with Gasteiger partial charge in [-0.05, 0) is 38.3 Å². The van der Waals surface area contributed by atoms with Gasteiger partial charge in [-0.25, -0.2) is 13.2 Å². The monoisotopic (exact) mass is 479 g/mol. The van der Waals surface area contributed by atoms with Gasteiger partial charge >= 0.3 is 14.4 Å². The first-order chi connectivity index (χ1) is 15.2. The van der Waals surface area contributed by atoms with Crippen LogP contribution in [0.15, 0.2) is 30.3 Å². The van der Waals surface area contributed by atoms with E-state index in [-0.39, 0.29) is 11.9 Å². The van der Waals surface area contributed by atoms with Crippen LogP contribution in [0.4, 0.5) is 22.0 Å². The summed E-state index contributed by atoms with van der Waals surface area (Å²) >= 11 is 0. The molecule has 1 aliphatic carbocycles. The van der Waals surface area contributed by atoms with Crippen molar-refractivity contribution in [2.24, 2.45) is 0 Å². The van der Waals surface area contributed by atoms with Gasteiger partial charge in [0.1, 0.15) is 17.9 Å². The topological polar surface area (TPSA) is 76.9 Å². The lowest BCUT2D eigenvalue weighted by Gasteiger charge is -2.26. The highest BCUT2D eigenvalue weighted by molar-refractivity contribution is 7.43. The number of esters is 1. The molecule has 172 valence electrons. The second kappa shape index (κ2) is 10.2. The van der Waals surface area contributed by atoms with Gasteiger partial charge < -0.3 is 9.26 Å². The van der Waals surface area contributed by atoms with Crippen molar-refractivity contribution in [2.75, 3.05) is 0 Å². The summed E-state index contributed by atoms with van der Waals surface area (Å²) in [5.41, 5.74) is 0. The highest BCUT2D eigenvalue weighted by atomic mass is 31.2. The number of carbonyl (C=O) groups is 1. The van der Waals surface area contributed by atoms with E-state index in [4.69, 9.17) is 9.26 Å². The summed E-state index contributed by atoms with van der Waals surface area (Å²) < 4.78 is 77.9. The van der Waals surface area contributed by atoms with Gasteiger partial charge in [-0.3, -0.25) is 4.79 Å². The van der Waals surface area contributed by atoms with Crippen molar-refractivity contribution in [1.29, 1.82) is 0 Å². The third-order valence-corrected chi connectivity index (χ3v) is 5.79. The van der Waals surface area contributed by atoms with Gasteiger partial charge in [0.15, 0.2) is 0 Å². The number of hydrogen-bond acceptors (Lipinski definition) is 6. The molecular weight excluding hydrogens is 462 g/mol. The molecule has 1 aliphatic rings. The molecule has 0 amide bonds. The molecule has 1 saturated carbocycles. The Labute approximate surface area is 179 Å². The van der Waals surface area contributed by atoms with Crippen LogP contribution in [0.1, 0.15) is 26.2 Å². The maximum Gasteiger partial charge on any atom is 0.596 e. The fraction of sp³-hybridized carbons (Fsp3) is 0.316. The lowest BCUT2D eigenvalue weighted by Crippen LogP contribution is -2.38. The van der Waals surface area contributed by atoms with Crippen LogP contribution in [0.3, 0.4) is 0 Å². The molecule has 0 saturated heterocycles.